The van der Waals surface area contributed by atoms with Crippen LogP contribution < -0.4 is 0 Å². The quantitative estimate of drug-likeness (QED) is 0.217. The van der Waals surface area contributed by atoms with E-state index in [1.54, 1.807) is 0 Å². The fourth-order valence-corrected chi connectivity index (χ4v) is 6.29. The monoisotopic (exact) mass is 655 g/mol. The Morgan fingerprint density at radius 3 is 2.12 bits per heavy atom. The number of nitrogens with zero attached hydrogens (tertiary/aromatic N) is 1. The van der Waals surface area contributed by atoms with Crippen molar-refractivity contribution >= 4 is 33.7 Å². The lowest BCUT2D eigenvalue weighted by Gasteiger charge is -2.38. The summed E-state index contributed by atoms with van der Waals surface area (Å²) in [6.07, 6.45) is 7.83. The van der Waals surface area contributed by atoms with E-state index in [-0.39, 0.29) is 30.5 Å². The molecule has 2 amide bonds. The molecule has 2 N–H and O–H groups in total. The van der Waals surface area contributed by atoms with E-state index in [0.29, 0.717) is 12.8 Å². The van der Waals surface area contributed by atoms with Crippen molar-refractivity contribution in [3.63, 3.8) is 0 Å². The number of rotatable bonds is 16. The predicted octanol–water partition coefficient (Wildman–Crippen LogP) is 5.87. The van der Waals surface area contributed by atoms with E-state index in [1.807, 2.05) is 60.7 Å². The van der Waals surface area contributed by atoms with Crippen molar-refractivity contribution in [2.75, 3.05) is 13.2 Å². The summed E-state index contributed by atoms with van der Waals surface area (Å²) >= 11 is 3.35. The van der Waals surface area contributed by atoms with Gasteiger partial charge in [-0.3, -0.25) is 9.59 Å². The highest BCUT2D eigenvalue weighted by Gasteiger charge is 2.49. The van der Waals surface area contributed by atoms with Crippen molar-refractivity contribution in [2.45, 2.75) is 88.6 Å². The molecule has 2 aromatic carbocycles. The molecule has 0 aliphatic carbocycles. The van der Waals surface area contributed by atoms with E-state index in [2.05, 4.69) is 15.9 Å². The number of carbonyl (C=O) groups is 3. The third-order valence-electron chi connectivity index (χ3n) is 8.16. The van der Waals surface area contributed by atoms with E-state index in [0.717, 1.165) is 61.0 Å². The average Bonchev–Trinajstić information content (AvgIpc) is 3.37. The van der Waals surface area contributed by atoms with Crippen molar-refractivity contribution in [1.82, 2.24) is 4.90 Å². The Bertz CT molecular complexity index is 1240. The van der Waals surface area contributed by atoms with Crippen LogP contribution in [0.15, 0.2) is 71.2 Å². The van der Waals surface area contributed by atoms with E-state index in [1.165, 1.54) is 6.08 Å². The highest BCUT2D eigenvalue weighted by atomic mass is 79.9. The molecule has 232 valence electrons. The number of hydrogen-bond acceptors (Lipinski definition) is 7. The van der Waals surface area contributed by atoms with Crippen molar-refractivity contribution < 1.29 is 34.1 Å². The minimum absolute atomic E-state index is 0.0633. The summed E-state index contributed by atoms with van der Waals surface area (Å²) < 4.78 is 11.7. The standard InChI is InChI=1S/C34H42BrNO7/c35-30-23-29(38)31(43-34(30,41)19-13-5-3-1-2-4-6-14-20-37)28(22-26-17-11-8-12-18-26)32(39)36-27(24-42-33(36)40)21-25-15-9-7-10-16-25/h7-12,15-18,23,27-28,31,37,41H,1-6,13-14,19-22,24H2/t27-,28-,31-,34+/m1/s1. The zero-order chi connectivity index (χ0) is 30.7. The van der Waals surface area contributed by atoms with Gasteiger partial charge in [-0.25, -0.2) is 9.69 Å². The summed E-state index contributed by atoms with van der Waals surface area (Å²) in [5.41, 5.74) is 1.76. The maximum atomic E-state index is 14.2. The molecular weight excluding hydrogens is 614 g/mol. The smallest absolute Gasteiger partial charge is 0.416 e. The first-order valence-electron chi connectivity index (χ1n) is 15.3. The topological polar surface area (TPSA) is 113 Å². The molecule has 9 heteroatoms. The second-order valence-corrected chi connectivity index (χ2v) is 12.3. The van der Waals surface area contributed by atoms with Gasteiger partial charge in [0.15, 0.2) is 11.6 Å². The van der Waals surface area contributed by atoms with Crippen LogP contribution in [0.1, 0.15) is 68.9 Å². The maximum absolute atomic E-state index is 14.2. The van der Waals surface area contributed by atoms with Crippen LogP contribution in [0.3, 0.4) is 0 Å². The molecular formula is C34H42BrNO7. The molecule has 2 aromatic rings. The number of hydrogen-bond donors (Lipinski definition) is 2. The van der Waals surface area contributed by atoms with Crippen LogP contribution in [0, 0.1) is 5.92 Å². The molecule has 0 spiro atoms. The van der Waals surface area contributed by atoms with E-state index in [9.17, 15) is 19.5 Å². The fourth-order valence-electron chi connectivity index (χ4n) is 5.78. The molecule has 1 saturated heterocycles. The van der Waals surface area contributed by atoms with Gasteiger partial charge in [0.2, 0.25) is 5.91 Å². The van der Waals surface area contributed by atoms with Crippen LogP contribution in [0.4, 0.5) is 4.79 Å². The summed E-state index contributed by atoms with van der Waals surface area (Å²) in [7, 11) is 0. The van der Waals surface area contributed by atoms with Gasteiger partial charge in [0.1, 0.15) is 12.7 Å². The van der Waals surface area contributed by atoms with Gasteiger partial charge < -0.3 is 19.7 Å². The Labute approximate surface area is 262 Å². The third kappa shape index (κ3) is 9.08. The summed E-state index contributed by atoms with van der Waals surface area (Å²) in [5.74, 6) is -3.81. The summed E-state index contributed by atoms with van der Waals surface area (Å²) in [5, 5.41) is 20.5. The Morgan fingerprint density at radius 1 is 0.907 bits per heavy atom. The molecule has 0 bridgehead atoms. The Kier molecular flexibility index (Phi) is 12.5. The maximum Gasteiger partial charge on any atom is 0.416 e. The summed E-state index contributed by atoms with van der Waals surface area (Å²) in [6.45, 7) is 0.298. The first kappa shape index (κ1) is 33.1. The van der Waals surface area contributed by atoms with Gasteiger partial charge in [-0.1, -0.05) is 99.2 Å². The number of amides is 2. The van der Waals surface area contributed by atoms with Gasteiger partial charge >= 0.3 is 6.09 Å². The molecule has 2 heterocycles. The zero-order valence-corrected chi connectivity index (χ0v) is 26.1. The van der Waals surface area contributed by atoms with Crippen LogP contribution in [-0.4, -0.2) is 64.0 Å². The minimum atomic E-state index is -1.76. The molecule has 43 heavy (non-hydrogen) atoms. The summed E-state index contributed by atoms with van der Waals surface area (Å²) in [6, 6.07) is 18.3. The third-order valence-corrected chi connectivity index (χ3v) is 9.01. The van der Waals surface area contributed by atoms with Gasteiger partial charge in [0, 0.05) is 13.0 Å². The Balaban J connectivity index is 1.49. The van der Waals surface area contributed by atoms with Crippen LogP contribution in [0.25, 0.3) is 0 Å². The van der Waals surface area contributed by atoms with Crippen molar-refractivity contribution in [3.8, 4) is 0 Å². The number of carbonyl (C=O) groups excluding carboxylic acids is 3. The van der Waals surface area contributed by atoms with Crippen LogP contribution in [0.5, 0.6) is 0 Å². The highest BCUT2D eigenvalue weighted by molar-refractivity contribution is 9.11. The average molecular weight is 657 g/mol. The molecule has 1 fully saturated rings. The zero-order valence-electron chi connectivity index (χ0n) is 24.5. The lowest BCUT2D eigenvalue weighted by atomic mass is 9.87. The second-order valence-electron chi connectivity index (χ2n) is 11.4. The van der Waals surface area contributed by atoms with Gasteiger partial charge in [-0.2, -0.15) is 0 Å². The minimum Gasteiger partial charge on any atom is -0.447 e. The lowest BCUT2D eigenvalue weighted by molar-refractivity contribution is -0.218. The molecule has 4 atom stereocenters. The van der Waals surface area contributed by atoms with Gasteiger partial charge in [-0.15, -0.1) is 0 Å². The second kappa shape index (κ2) is 16.3. The van der Waals surface area contributed by atoms with Gasteiger partial charge in [0.05, 0.1) is 16.4 Å². The molecule has 0 saturated carbocycles. The van der Waals surface area contributed by atoms with E-state index in [4.69, 9.17) is 14.6 Å². The molecule has 4 rings (SSSR count). The first-order valence-corrected chi connectivity index (χ1v) is 16.1. The number of benzene rings is 2. The van der Waals surface area contributed by atoms with Gasteiger partial charge in [0.25, 0.3) is 0 Å². The van der Waals surface area contributed by atoms with E-state index < -0.39 is 41.6 Å². The summed E-state index contributed by atoms with van der Waals surface area (Å²) in [4.78, 5) is 41.6. The largest absolute Gasteiger partial charge is 0.447 e. The molecule has 0 unspecified atom stereocenters. The molecule has 2 aliphatic rings. The SMILES string of the molecule is O=C1C=C(Br)[C@](O)(CCCCCCCCCCO)O[C@@H]1[C@@H](Cc1ccccc1)C(=O)N1C(=O)OC[C@H]1Cc1ccccc1. The molecule has 8 nitrogen and oxygen atoms in total. The number of aliphatic hydroxyl groups is 2. The lowest BCUT2D eigenvalue weighted by Crippen LogP contribution is -2.53. The Morgan fingerprint density at radius 2 is 1.49 bits per heavy atom. The predicted molar refractivity (Wildman–Crippen MR) is 166 cm³/mol. The van der Waals surface area contributed by atoms with Crippen molar-refractivity contribution in [2.24, 2.45) is 5.92 Å². The normalized spacial score (nSPS) is 22.8. The van der Waals surface area contributed by atoms with Crippen molar-refractivity contribution in [1.29, 1.82) is 0 Å². The van der Waals surface area contributed by atoms with Crippen LogP contribution in [0.2, 0.25) is 0 Å². The van der Waals surface area contributed by atoms with Gasteiger partial charge in [-0.05, 0) is 58.8 Å². The molecule has 0 radical (unpaired) electrons. The number of unbranched alkanes of at least 4 members (excludes halogenated alkanes) is 7. The number of imide groups is 1. The van der Waals surface area contributed by atoms with Crippen molar-refractivity contribution in [3.05, 3.63) is 82.3 Å². The highest BCUT2D eigenvalue weighted by Crippen LogP contribution is 2.38. The number of halogens is 1. The Hall–Kier alpha value is -2.85. The fraction of sp³-hybridized carbons (Fsp3) is 0.500. The van der Waals surface area contributed by atoms with Crippen LogP contribution in [-0.2, 0) is 31.9 Å². The number of cyclic esters (lactones) is 1. The first-order chi connectivity index (χ1) is 20.8. The van der Waals surface area contributed by atoms with E-state index >= 15 is 0 Å². The molecule has 2 aliphatic heterocycles. The number of ether oxygens (including phenoxy) is 2. The van der Waals surface area contributed by atoms with Crippen LogP contribution >= 0.6 is 15.9 Å². The number of ketones is 1. The number of aliphatic hydroxyl groups excluding tert-OH is 1. The molecule has 0 aromatic heterocycles.